The summed E-state index contributed by atoms with van der Waals surface area (Å²) in [6.07, 6.45) is 15.4. The molecular formula is C42H46Cl2O6S2. The van der Waals surface area contributed by atoms with Gasteiger partial charge in [-0.25, -0.2) is 9.59 Å². The number of carbonyl (C=O) groups is 2. The molecule has 0 aliphatic heterocycles. The molecule has 10 heteroatoms. The van der Waals surface area contributed by atoms with Crippen molar-refractivity contribution in [2.75, 3.05) is 6.61 Å². The molecule has 0 fully saturated rings. The molecule has 2 aliphatic rings. The summed E-state index contributed by atoms with van der Waals surface area (Å²) in [7, 11) is 0. The number of halogens is 2. The van der Waals surface area contributed by atoms with E-state index >= 15 is 0 Å². The minimum absolute atomic E-state index is 0.289. The predicted octanol–water partition coefficient (Wildman–Crippen LogP) is 12.8. The van der Waals surface area contributed by atoms with Crippen LogP contribution in [0.3, 0.4) is 0 Å². The van der Waals surface area contributed by atoms with Gasteiger partial charge in [0.25, 0.3) is 0 Å². The summed E-state index contributed by atoms with van der Waals surface area (Å²) in [5.74, 6) is 0.0575. The van der Waals surface area contributed by atoms with Crippen molar-refractivity contribution < 1.29 is 28.9 Å². The maximum atomic E-state index is 12.3. The van der Waals surface area contributed by atoms with E-state index < -0.39 is 18.2 Å². The van der Waals surface area contributed by atoms with Crippen molar-refractivity contribution in [1.29, 1.82) is 0 Å². The van der Waals surface area contributed by atoms with E-state index in [9.17, 15) is 14.7 Å². The lowest BCUT2D eigenvalue weighted by molar-refractivity contribution is -0.151. The summed E-state index contributed by atoms with van der Waals surface area (Å²) in [6, 6.07) is 23.0. The van der Waals surface area contributed by atoms with Crippen LogP contribution >= 0.6 is 45.9 Å². The molecule has 276 valence electrons. The van der Waals surface area contributed by atoms with Crippen molar-refractivity contribution in [3.05, 3.63) is 105 Å². The quantitative estimate of drug-likeness (QED) is 0.0955. The second-order valence-corrected chi connectivity index (χ2v) is 16.3. The van der Waals surface area contributed by atoms with E-state index in [1.54, 1.807) is 11.3 Å². The Morgan fingerprint density at radius 1 is 0.673 bits per heavy atom. The van der Waals surface area contributed by atoms with Crippen molar-refractivity contribution in [3.63, 3.8) is 0 Å². The molecule has 6 nitrogen and oxygen atoms in total. The number of aliphatic carboxylic acids is 1. The summed E-state index contributed by atoms with van der Waals surface area (Å²) in [5.41, 5.74) is 4.93. The molecular weight excluding hydrogens is 735 g/mol. The molecule has 2 atom stereocenters. The lowest BCUT2D eigenvalue weighted by Crippen LogP contribution is -2.29. The van der Waals surface area contributed by atoms with Crippen LogP contribution in [0.25, 0.3) is 20.9 Å². The Balaban J connectivity index is 0.000000202. The van der Waals surface area contributed by atoms with Crippen LogP contribution in [-0.2, 0) is 14.3 Å². The molecule has 0 bridgehead atoms. The van der Waals surface area contributed by atoms with Crippen LogP contribution in [-0.4, -0.2) is 35.9 Å². The Morgan fingerprint density at radius 2 is 1.13 bits per heavy atom. The molecule has 6 rings (SSSR count). The third-order valence-electron chi connectivity index (χ3n) is 9.03. The lowest BCUT2D eigenvalue weighted by Gasteiger charge is -2.19. The fourth-order valence-electron chi connectivity index (χ4n) is 6.25. The first-order chi connectivity index (χ1) is 25.3. The van der Waals surface area contributed by atoms with Crippen molar-refractivity contribution in [2.45, 2.75) is 96.2 Å². The van der Waals surface area contributed by atoms with Crippen LogP contribution in [0, 0.1) is 0 Å². The molecule has 2 heterocycles. The number of carboxylic acids is 1. The number of rotatable bonds is 15. The van der Waals surface area contributed by atoms with E-state index in [1.165, 1.54) is 48.2 Å². The highest BCUT2D eigenvalue weighted by Gasteiger charge is 2.23. The van der Waals surface area contributed by atoms with Crippen LogP contribution in [0.4, 0.5) is 0 Å². The molecule has 0 saturated carbocycles. The number of carbonyl (C=O) groups excluding carboxylic acids is 1. The normalized spacial score (nSPS) is 15.3. The van der Waals surface area contributed by atoms with Gasteiger partial charge in [0, 0.05) is 9.75 Å². The van der Waals surface area contributed by atoms with Gasteiger partial charge in [0.05, 0.1) is 15.3 Å². The number of carboxylic acid groups (broad SMARTS) is 1. The Kier molecular flexibility index (Phi) is 15.7. The molecule has 2 aromatic heterocycles. The molecule has 2 aromatic carbocycles. The topological polar surface area (TPSA) is 82.1 Å². The SMILES string of the molecule is CCOC(=O)C(CCC1=CCCCC1)Oc1ccc(-c2ccc(Cl)s2)cc1.O=C(O)C(CCC1=CCCCC1)Oc1ccc(-c2ccc(Cl)s2)cc1. The molecule has 1 N–H and O–H groups in total. The summed E-state index contributed by atoms with van der Waals surface area (Å²) in [6.45, 7) is 2.18. The second-order valence-electron chi connectivity index (χ2n) is 12.9. The molecule has 2 unspecified atom stereocenters. The van der Waals surface area contributed by atoms with Gasteiger partial charge in [-0.15, -0.1) is 22.7 Å². The first-order valence-corrected chi connectivity index (χ1v) is 20.5. The zero-order valence-corrected chi connectivity index (χ0v) is 32.6. The standard InChI is InChI=1S/C22H25ClO3S.C20H21ClO3S/c1-2-25-22(24)19(13-8-16-6-4-3-5-7-16)26-18-11-9-17(10-12-18)20-14-15-21(23)27-20;21-19-13-12-18(25-19)15-7-9-16(10-8-15)24-17(20(22)23)11-6-14-4-2-1-3-5-14/h6,9-12,14-15,19H,2-5,7-8,13H2,1H3;4,7-10,12-13,17H,1-3,5-6,11H2,(H,22,23). The number of benzene rings is 2. The monoisotopic (exact) mass is 780 g/mol. The minimum atomic E-state index is -0.912. The molecule has 52 heavy (non-hydrogen) atoms. The van der Waals surface area contributed by atoms with E-state index in [1.807, 2.05) is 79.7 Å². The Labute approximate surface area is 325 Å². The maximum absolute atomic E-state index is 12.3. The summed E-state index contributed by atoms with van der Waals surface area (Å²) < 4.78 is 18.4. The van der Waals surface area contributed by atoms with Gasteiger partial charge in [-0.3, -0.25) is 0 Å². The molecule has 4 aromatic rings. The zero-order valence-electron chi connectivity index (χ0n) is 29.5. The van der Waals surface area contributed by atoms with Crippen molar-refractivity contribution in [1.82, 2.24) is 0 Å². The summed E-state index contributed by atoms with van der Waals surface area (Å²) in [4.78, 5) is 26.0. The molecule has 0 radical (unpaired) electrons. The number of thiophene rings is 2. The molecule has 0 spiro atoms. The number of ether oxygens (including phenoxy) is 3. The number of hydrogen-bond donors (Lipinski definition) is 1. The Hall–Kier alpha value is -3.56. The van der Waals surface area contributed by atoms with Gasteiger partial charge in [0.15, 0.2) is 12.2 Å². The minimum Gasteiger partial charge on any atom is -0.479 e. The lowest BCUT2D eigenvalue weighted by atomic mass is 9.95. The summed E-state index contributed by atoms with van der Waals surface area (Å²) >= 11 is 15.0. The van der Waals surface area contributed by atoms with Crippen molar-refractivity contribution in [3.8, 4) is 32.4 Å². The van der Waals surface area contributed by atoms with Crippen molar-refractivity contribution >= 4 is 57.8 Å². The van der Waals surface area contributed by atoms with Crippen LogP contribution in [0.5, 0.6) is 11.5 Å². The van der Waals surface area contributed by atoms with E-state index in [2.05, 4.69) is 12.2 Å². The zero-order chi connectivity index (χ0) is 36.7. The Morgan fingerprint density at radius 3 is 1.52 bits per heavy atom. The third-order valence-corrected chi connectivity index (χ3v) is 11.6. The average molecular weight is 782 g/mol. The molecule has 0 saturated heterocycles. The largest absolute Gasteiger partial charge is 0.479 e. The maximum Gasteiger partial charge on any atom is 0.347 e. The third kappa shape index (κ3) is 12.5. The summed E-state index contributed by atoms with van der Waals surface area (Å²) in [5, 5.41) is 9.44. The second kappa shape index (κ2) is 20.6. The highest BCUT2D eigenvalue weighted by Crippen LogP contribution is 2.34. The van der Waals surface area contributed by atoms with Gasteiger partial charge in [-0.05, 0) is 168 Å². The smallest absolute Gasteiger partial charge is 0.347 e. The van der Waals surface area contributed by atoms with Gasteiger partial charge in [0.2, 0.25) is 0 Å². The van der Waals surface area contributed by atoms with E-state index in [0.29, 0.717) is 30.9 Å². The van der Waals surface area contributed by atoms with Crippen LogP contribution in [0.15, 0.2) is 96.1 Å². The highest BCUT2D eigenvalue weighted by molar-refractivity contribution is 7.19. The van der Waals surface area contributed by atoms with Crippen LogP contribution < -0.4 is 9.47 Å². The Bertz CT molecular complexity index is 1790. The van der Waals surface area contributed by atoms with Gasteiger partial charge in [-0.2, -0.15) is 0 Å². The van der Waals surface area contributed by atoms with Crippen molar-refractivity contribution in [2.24, 2.45) is 0 Å². The average Bonchev–Trinajstić information content (AvgIpc) is 3.81. The van der Waals surface area contributed by atoms with Crippen LogP contribution in [0.2, 0.25) is 8.67 Å². The van der Waals surface area contributed by atoms with Gasteiger partial charge in [0.1, 0.15) is 11.5 Å². The number of esters is 1. The molecule has 0 amide bonds. The van der Waals surface area contributed by atoms with Gasteiger partial charge in [-0.1, -0.05) is 46.5 Å². The predicted molar refractivity (Wildman–Crippen MR) is 214 cm³/mol. The van der Waals surface area contributed by atoms with Gasteiger partial charge < -0.3 is 19.3 Å². The first kappa shape index (κ1) is 39.6. The van der Waals surface area contributed by atoms with E-state index in [-0.39, 0.29) is 5.97 Å². The van der Waals surface area contributed by atoms with E-state index in [4.69, 9.17) is 37.4 Å². The van der Waals surface area contributed by atoms with E-state index in [0.717, 1.165) is 68.1 Å². The molecule has 2 aliphatic carbocycles. The fraction of sp³-hybridized carbons (Fsp3) is 0.381. The number of hydrogen-bond acceptors (Lipinski definition) is 7. The van der Waals surface area contributed by atoms with Crippen LogP contribution in [0.1, 0.15) is 84.0 Å². The van der Waals surface area contributed by atoms with Gasteiger partial charge >= 0.3 is 11.9 Å². The fourth-order valence-corrected chi connectivity index (χ4v) is 8.35. The highest BCUT2D eigenvalue weighted by atomic mass is 35.5. The first-order valence-electron chi connectivity index (χ1n) is 18.1. The number of allylic oxidation sites excluding steroid dienone is 4.